The summed E-state index contributed by atoms with van der Waals surface area (Å²) < 4.78 is 0. The van der Waals surface area contributed by atoms with E-state index in [0.29, 0.717) is 12.8 Å². The number of hydrogen-bond acceptors (Lipinski definition) is 5. The topological polar surface area (TPSA) is 103 Å². The lowest BCUT2D eigenvalue weighted by atomic mass is 9.61. The van der Waals surface area contributed by atoms with Crippen molar-refractivity contribution in [2.45, 2.75) is 38.0 Å². The third-order valence-corrected chi connectivity index (χ3v) is 5.61. The fourth-order valence-electron chi connectivity index (χ4n) is 3.99. The van der Waals surface area contributed by atoms with Crippen molar-refractivity contribution in [2.75, 3.05) is 0 Å². The molecule has 7 nitrogen and oxygen atoms in total. The first-order valence-electron chi connectivity index (χ1n) is 8.73. The maximum atomic E-state index is 12.7. The van der Waals surface area contributed by atoms with Gasteiger partial charge in [0.05, 0.1) is 9.85 Å². The molecule has 1 aliphatic carbocycles. The van der Waals surface area contributed by atoms with Crippen LogP contribution in [0.25, 0.3) is 0 Å². The summed E-state index contributed by atoms with van der Waals surface area (Å²) in [6.45, 7) is 3.78. The van der Waals surface area contributed by atoms with Gasteiger partial charge in [-0.2, -0.15) is 0 Å². The molecule has 2 aromatic carbocycles. The van der Waals surface area contributed by atoms with Gasteiger partial charge < -0.3 is 0 Å². The molecule has 27 heavy (non-hydrogen) atoms. The molecule has 3 atom stereocenters. The van der Waals surface area contributed by atoms with E-state index >= 15 is 0 Å². The predicted octanol–water partition coefficient (Wildman–Crippen LogP) is 4.54. The molecular weight excluding hydrogens is 348 g/mol. The van der Waals surface area contributed by atoms with Crippen molar-refractivity contribution in [3.63, 3.8) is 0 Å². The molecule has 1 fully saturated rings. The zero-order chi connectivity index (χ0) is 19.8. The van der Waals surface area contributed by atoms with Crippen LogP contribution >= 0.6 is 0 Å². The van der Waals surface area contributed by atoms with Gasteiger partial charge >= 0.3 is 0 Å². The number of non-ortho nitro benzene ring substituents is 2. The van der Waals surface area contributed by atoms with Crippen LogP contribution in [-0.4, -0.2) is 15.6 Å². The standard InChI is InChI=1S/C20H20N2O5/c1-13-18(14-5-3-7-16(9-14)21(24)25)11-20(2,12-19(13)23)15-6-4-8-17(10-15)22(26)27/h3-10,13,18H,11-12H2,1-2H3. The molecule has 1 aliphatic rings. The normalized spacial score (nSPS) is 25.2. The molecule has 3 rings (SSSR count). The van der Waals surface area contributed by atoms with Crippen LogP contribution in [0.5, 0.6) is 0 Å². The molecule has 0 bridgehead atoms. The Hall–Kier alpha value is -3.09. The van der Waals surface area contributed by atoms with E-state index in [4.69, 9.17) is 0 Å². The van der Waals surface area contributed by atoms with E-state index in [1.165, 1.54) is 24.3 Å². The number of nitro benzene ring substituents is 2. The van der Waals surface area contributed by atoms with Gasteiger partial charge in [0.25, 0.3) is 11.4 Å². The third kappa shape index (κ3) is 3.58. The molecule has 0 amide bonds. The number of rotatable bonds is 4. The van der Waals surface area contributed by atoms with Crippen LogP contribution in [0.4, 0.5) is 11.4 Å². The lowest BCUT2D eigenvalue weighted by Crippen LogP contribution is -2.39. The zero-order valence-electron chi connectivity index (χ0n) is 15.1. The molecule has 1 saturated carbocycles. The Bertz CT molecular complexity index is 926. The van der Waals surface area contributed by atoms with E-state index in [-0.39, 0.29) is 29.0 Å². The second-order valence-corrected chi connectivity index (χ2v) is 7.46. The van der Waals surface area contributed by atoms with E-state index < -0.39 is 15.3 Å². The molecule has 0 aliphatic heterocycles. The lowest BCUT2D eigenvalue weighted by Gasteiger charge is -2.41. The quantitative estimate of drug-likeness (QED) is 0.582. The van der Waals surface area contributed by atoms with Crippen molar-refractivity contribution in [3.8, 4) is 0 Å². The largest absolute Gasteiger partial charge is 0.299 e. The molecule has 140 valence electrons. The molecule has 2 aromatic rings. The van der Waals surface area contributed by atoms with Crippen LogP contribution < -0.4 is 0 Å². The number of hydrogen-bond donors (Lipinski definition) is 0. The minimum Gasteiger partial charge on any atom is -0.299 e. The average molecular weight is 368 g/mol. The van der Waals surface area contributed by atoms with E-state index in [1.807, 2.05) is 13.8 Å². The van der Waals surface area contributed by atoms with Crippen LogP contribution in [0.3, 0.4) is 0 Å². The van der Waals surface area contributed by atoms with E-state index in [9.17, 15) is 25.0 Å². The van der Waals surface area contributed by atoms with Crippen molar-refractivity contribution in [1.29, 1.82) is 0 Å². The van der Waals surface area contributed by atoms with Gasteiger partial charge in [-0.25, -0.2) is 0 Å². The average Bonchev–Trinajstić information content (AvgIpc) is 2.65. The SMILES string of the molecule is CC1C(=O)CC(C)(c2cccc([N+](=O)[O-])c2)CC1c1cccc([N+](=O)[O-])c1. The number of Topliss-reactive ketones (excluding diaryl/α,β-unsaturated/α-hetero) is 1. The van der Waals surface area contributed by atoms with E-state index in [0.717, 1.165) is 11.1 Å². The van der Waals surface area contributed by atoms with Gasteiger partial charge in [0, 0.05) is 42.0 Å². The van der Waals surface area contributed by atoms with Crippen LogP contribution in [0.15, 0.2) is 48.5 Å². The van der Waals surface area contributed by atoms with Crippen molar-refractivity contribution < 1.29 is 14.6 Å². The predicted molar refractivity (Wildman–Crippen MR) is 99.7 cm³/mol. The zero-order valence-corrected chi connectivity index (χ0v) is 15.1. The Kier molecular flexibility index (Phi) is 4.78. The minimum absolute atomic E-state index is 0.00484. The number of benzene rings is 2. The van der Waals surface area contributed by atoms with Gasteiger partial charge in [-0.15, -0.1) is 0 Å². The fourth-order valence-corrected chi connectivity index (χ4v) is 3.99. The molecule has 0 spiro atoms. The first kappa shape index (κ1) is 18.7. The van der Waals surface area contributed by atoms with Crippen molar-refractivity contribution in [2.24, 2.45) is 5.92 Å². The van der Waals surface area contributed by atoms with Crippen LogP contribution in [0.2, 0.25) is 0 Å². The van der Waals surface area contributed by atoms with Crippen molar-refractivity contribution >= 4 is 17.2 Å². The summed E-state index contributed by atoms with van der Waals surface area (Å²) in [5.74, 6) is -0.388. The number of carbonyl (C=O) groups is 1. The number of ketones is 1. The fraction of sp³-hybridized carbons (Fsp3) is 0.350. The summed E-state index contributed by atoms with van der Waals surface area (Å²) in [6.07, 6.45) is 0.878. The Balaban J connectivity index is 2.01. The van der Waals surface area contributed by atoms with Gasteiger partial charge in [-0.3, -0.25) is 25.0 Å². The van der Waals surface area contributed by atoms with Crippen molar-refractivity contribution in [3.05, 3.63) is 79.9 Å². The van der Waals surface area contributed by atoms with Gasteiger partial charge in [0.2, 0.25) is 0 Å². The third-order valence-electron chi connectivity index (χ3n) is 5.61. The first-order chi connectivity index (χ1) is 12.7. The number of carbonyl (C=O) groups excluding carboxylic acids is 1. The minimum atomic E-state index is -0.565. The molecule has 0 radical (unpaired) electrons. The van der Waals surface area contributed by atoms with Gasteiger partial charge in [-0.05, 0) is 23.5 Å². The monoisotopic (exact) mass is 368 g/mol. The second-order valence-electron chi connectivity index (χ2n) is 7.46. The molecule has 3 unspecified atom stereocenters. The molecule has 0 aromatic heterocycles. The van der Waals surface area contributed by atoms with E-state index in [2.05, 4.69) is 0 Å². The first-order valence-corrected chi connectivity index (χ1v) is 8.73. The highest BCUT2D eigenvalue weighted by atomic mass is 16.6. The Morgan fingerprint density at radius 2 is 1.59 bits per heavy atom. The van der Waals surface area contributed by atoms with E-state index in [1.54, 1.807) is 24.3 Å². The Morgan fingerprint density at radius 1 is 1.00 bits per heavy atom. The molecule has 0 N–H and O–H groups in total. The number of nitrogens with zero attached hydrogens (tertiary/aromatic N) is 2. The molecule has 0 heterocycles. The summed E-state index contributed by atoms with van der Waals surface area (Å²) in [4.78, 5) is 34.1. The highest BCUT2D eigenvalue weighted by Crippen LogP contribution is 2.47. The Labute approximate surface area is 156 Å². The van der Waals surface area contributed by atoms with Crippen LogP contribution in [-0.2, 0) is 10.2 Å². The van der Waals surface area contributed by atoms with Gasteiger partial charge in [0.1, 0.15) is 5.78 Å². The summed E-state index contributed by atoms with van der Waals surface area (Å²) in [6, 6.07) is 12.8. The highest BCUT2D eigenvalue weighted by molar-refractivity contribution is 5.84. The summed E-state index contributed by atoms with van der Waals surface area (Å²) in [5, 5.41) is 22.2. The second kappa shape index (κ2) is 6.90. The molecular formula is C20H20N2O5. The van der Waals surface area contributed by atoms with Gasteiger partial charge in [-0.1, -0.05) is 38.1 Å². The summed E-state index contributed by atoms with van der Waals surface area (Å²) in [7, 11) is 0. The van der Waals surface area contributed by atoms with Crippen LogP contribution in [0.1, 0.15) is 43.7 Å². The molecule has 0 saturated heterocycles. The number of nitro groups is 2. The highest BCUT2D eigenvalue weighted by Gasteiger charge is 2.43. The maximum absolute atomic E-state index is 12.7. The van der Waals surface area contributed by atoms with Crippen LogP contribution in [0, 0.1) is 26.1 Å². The lowest BCUT2D eigenvalue weighted by molar-refractivity contribution is -0.385. The Morgan fingerprint density at radius 3 is 2.22 bits per heavy atom. The summed E-state index contributed by atoms with van der Waals surface area (Å²) in [5.41, 5.74) is 0.917. The smallest absolute Gasteiger partial charge is 0.269 e. The maximum Gasteiger partial charge on any atom is 0.269 e. The molecule has 7 heteroatoms. The van der Waals surface area contributed by atoms with Crippen molar-refractivity contribution in [1.82, 2.24) is 0 Å². The van der Waals surface area contributed by atoms with Gasteiger partial charge in [0.15, 0.2) is 0 Å². The summed E-state index contributed by atoms with van der Waals surface area (Å²) >= 11 is 0.